The van der Waals surface area contributed by atoms with E-state index >= 15 is 0 Å². The van der Waals surface area contributed by atoms with E-state index in [1.165, 1.54) is 4.90 Å². The molecule has 5 heterocycles. The number of hydrogen-bond donors (Lipinski definition) is 1. The second kappa shape index (κ2) is 10.5. The summed E-state index contributed by atoms with van der Waals surface area (Å²) >= 11 is 0. The van der Waals surface area contributed by atoms with Crippen LogP contribution in [0, 0.1) is 20.8 Å². The number of likely N-dealkylation sites (tertiary alicyclic amines) is 1. The van der Waals surface area contributed by atoms with E-state index in [0.29, 0.717) is 48.0 Å². The zero-order valence-corrected chi connectivity index (χ0v) is 23.4. The number of amides is 4. The van der Waals surface area contributed by atoms with Crippen LogP contribution in [0.2, 0.25) is 0 Å². The van der Waals surface area contributed by atoms with Gasteiger partial charge in [-0.3, -0.25) is 29.1 Å². The molecule has 11 nitrogen and oxygen atoms in total. The Morgan fingerprint density at radius 3 is 2.68 bits per heavy atom. The van der Waals surface area contributed by atoms with Gasteiger partial charge in [0, 0.05) is 42.5 Å². The molecule has 2 aromatic heterocycles. The Labute approximate surface area is 237 Å². The number of rotatable bonds is 6. The van der Waals surface area contributed by atoms with Crippen LogP contribution in [-0.4, -0.2) is 68.4 Å². The van der Waals surface area contributed by atoms with Gasteiger partial charge in [-0.05, 0) is 76.3 Å². The van der Waals surface area contributed by atoms with Crippen molar-refractivity contribution in [3.8, 4) is 11.6 Å². The summed E-state index contributed by atoms with van der Waals surface area (Å²) in [6.07, 6.45) is 3.31. The van der Waals surface area contributed by atoms with E-state index in [0.717, 1.165) is 36.2 Å². The quantitative estimate of drug-likeness (QED) is 0.460. The molecule has 4 amide bonds. The highest BCUT2D eigenvalue weighted by Crippen LogP contribution is 2.31. The van der Waals surface area contributed by atoms with Crippen LogP contribution in [0.15, 0.2) is 34.9 Å². The third-order valence-corrected chi connectivity index (χ3v) is 8.33. The van der Waals surface area contributed by atoms with E-state index in [1.54, 1.807) is 12.1 Å². The Hall–Kier alpha value is -4.41. The molecule has 0 radical (unpaired) electrons. The zero-order valence-electron chi connectivity index (χ0n) is 23.4. The lowest BCUT2D eigenvalue weighted by molar-refractivity contribution is -0.136. The van der Waals surface area contributed by atoms with Gasteiger partial charge in [-0.25, -0.2) is 0 Å². The molecular weight excluding hydrogens is 526 g/mol. The molecule has 41 heavy (non-hydrogen) atoms. The van der Waals surface area contributed by atoms with Gasteiger partial charge in [-0.1, -0.05) is 5.16 Å². The van der Waals surface area contributed by atoms with E-state index in [4.69, 9.17) is 9.26 Å². The summed E-state index contributed by atoms with van der Waals surface area (Å²) < 4.78 is 13.4. The molecule has 0 spiro atoms. The molecule has 0 bridgehead atoms. The maximum Gasteiger partial charge on any atom is 0.256 e. The van der Waals surface area contributed by atoms with Gasteiger partial charge >= 0.3 is 0 Å². The van der Waals surface area contributed by atoms with Crippen molar-refractivity contribution in [3.05, 3.63) is 64.2 Å². The number of ether oxygens (including phenoxy) is 1. The first-order chi connectivity index (χ1) is 19.7. The monoisotopic (exact) mass is 559 g/mol. The molecular formula is C30H33N5O6. The lowest BCUT2D eigenvalue weighted by Gasteiger charge is -2.35. The van der Waals surface area contributed by atoms with Crippen LogP contribution in [0.3, 0.4) is 0 Å². The van der Waals surface area contributed by atoms with E-state index < -0.39 is 11.9 Å². The van der Waals surface area contributed by atoms with Crippen molar-refractivity contribution in [1.29, 1.82) is 0 Å². The van der Waals surface area contributed by atoms with Gasteiger partial charge in [-0.2, -0.15) is 0 Å². The number of piperidine rings is 2. The molecule has 0 aliphatic carbocycles. The van der Waals surface area contributed by atoms with Crippen molar-refractivity contribution < 1.29 is 28.4 Å². The molecule has 3 aromatic rings. The van der Waals surface area contributed by atoms with Crippen LogP contribution >= 0.6 is 0 Å². The van der Waals surface area contributed by atoms with Crippen molar-refractivity contribution in [2.24, 2.45) is 0 Å². The van der Waals surface area contributed by atoms with Gasteiger partial charge in [0.25, 0.3) is 11.8 Å². The molecule has 2 saturated heterocycles. The predicted molar refractivity (Wildman–Crippen MR) is 147 cm³/mol. The molecule has 0 saturated carbocycles. The summed E-state index contributed by atoms with van der Waals surface area (Å²) in [5, 5.41) is 6.45. The molecule has 2 atom stereocenters. The van der Waals surface area contributed by atoms with E-state index in [9.17, 15) is 19.2 Å². The van der Waals surface area contributed by atoms with E-state index in [2.05, 4.69) is 10.5 Å². The molecule has 11 heteroatoms. The van der Waals surface area contributed by atoms with E-state index in [1.807, 2.05) is 48.4 Å². The first kappa shape index (κ1) is 26.8. The van der Waals surface area contributed by atoms with Crippen LogP contribution < -0.4 is 10.1 Å². The SMILES string of the molecule is Cc1cc(-n2c(C)cc(C(=O)N3CCCCC3COc3ccc4c(c3)CN(C3CCC(=O)NC3=O)C4=O)c2C)no1. The number of fused-ring (bicyclic) bond motifs is 1. The van der Waals surface area contributed by atoms with Gasteiger partial charge < -0.3 is 19.1 Å². The molecule has 1 N–H and O–H groups in total. The number of nitrogens with one attached hydrogen (secondary N) is 1. The lowest BCUT2D eigenvalue weighted by atomic mass is 10.0. The largest absolute Gasteiger partial charge is 0.491 e. The number of hydrogen-bond acceptors (Lipinski definition) is 7. The molecule has 2 unspecified atom stereocenters. The first-order valence-corrected chi connectivity index (χ1v) is 14.0. The highest BCUT2D eigenvalue weighted by Gasteiger charge is 2.39. The number of benzene rings is 1. The highest BCUT2D eigenvalue weighted by molar-refractivity contribution is 6.05. The third-order valence-electron chi connectivity index (χ3n) is 8.33. The van der Waals surface area contributed by atoms with Crippen LogP contribution in [-0.2, 0) is 16.1 Å². The second-order valence-electron chi connectivity index (χ2n) is 11.1. The van der Waals surface area contributed by atoms with Crippen LogP contribution in [0.1, 0.15) is 75.5 Å². The van der Waals surface area contributed by atoms with Crippen molar-refractivity contribution in [3.63, 3.8) is 0 Å². The minimum absolute atomic E-state index is 0.0303. The van der Waals surface area contributed by atoms with Gasteiger partial charge in [-0.15, -0.1) is 0 Å². The van der Waals surface area contributed by atoms with Crippen LogP contribution in [0.5, 0.6) is 5.75 Å². The molecule has 2 fully saturated rings. The molecule has 3 aliphatic rings. The average molecular weight is 560 g/mol. The van der Waals surface area contributed by atoms with E-state index in [-0.39, 0.29) is 36.7 Å². The Morgan fingerprint density at radius 1 is 1.10 bits per heavy atom. The summed E-state index contributed by atoms with van der Waals surface area (Å²) in [6, 6.07) is 8.32. The van der Waals surface area contributed by atoms with Gasteiger partial charge in [0.1, 0.15) is 24.2 Å². The van der Waals surface area contributed by atoms with Crippen molar-refractivity contribution >= 4 is 23.6 Å². The standard InChI is InChI=1S/C30H33N5O6/c1-17-12-24(19(3)35(17)26-13-18(2)41-32-26)30(39)33-11-5-4-6-21(33)16-40-22-7-8-23-20(14-22)15-34(29(23)38)25-9-10-27(36)31-28(25)37/h7-8,12-14,21,25H,4-6,9-11,15-16H2,1-3H3,(H,31,36,37). The fourth-order valence-corrected chi connectivity index (χ4v) is 6.22. The Balaban J connectivity index is 1.15. The number of nitrogens with zero attached hydrogens (tertiary/aromatic N) is 4. The van der Waals surface area contributed by atoms with Gasteiger partial charge in [0.05, 0.1) is 11.6 Å². The molecule has 3 aliphatic heterocycles. The number of carbonyl (C=O) groups is 4. The van der Waals surface area contributed by atoms with Crippen molar-refractivity contribution in [2.75, 3.05) is 13.2 Å². The summed E-state index contributed by atoms with van der Waals surface area (Å²) in [6.45, 7) is 6.97. The summed E-state index contributed by atoms with van der Waals surface area (Å²) in [7, 11) is 0. The number of imide groups is 1. The summed E-state index contributed by atoms with van der Waals surface area (Å²) in [4.78, 5) is 54.1. The van der Waals surface area contributed by atoms with Gasteiger partial charge in [0.2, 0.25) is 11.8 Å². The summed E-state index contributed by atoms with van der Waals surface area (Å²) in [5.41, 5.74) is 3.68. The minimum Gasteiger partial charge on any atom is -0.491 e. The van der Waals surface area contributed by atoms with Crippen LogP contribution in [0.4, 0.5) is 0 Å². The summed E-state index contributed by atoms with van der Waals surface area (Å²) in [5.74, 6) is 0.974. The second-order valence-corrected chi connectivity index (χ2v) is 11.1. The van der Waals surface area contributed by atoms with Crippen molar-refractivity contribution in [1.82, 2.24) is 24.8 Å². The fraction of sp³-hybridized carbons (Fsp3) is 0.433. The predicted octanol–water partition coefficient (Wildman–Crippen LogP) is 3.23. The molecule has 6 rings (SSSR count). The van der Waals surface area contributed by atoms with Crippen LogP contribution in [0.25, 0.3) is 5.82 Å². The smallest absolute Gasteiger partial charge is 0.256 e. The Morgan fingerprint density at radius 2 is 1.93 bits per heavy atom. The topological polar surface area (TPSA) is 127 Å². The maximum absolute atomic E-state index is 13.8. The minimum atomic E-state index is -0.658. The molecule has 214 valence electrons. The fourth-order valence-electron chi connectivity index (χ4n) is 6.22. The Bertz CT molecular complexity index is 1550. The average Bonchev–Trinajstić information content (AvgIpc) is 3.61. The maximum atomic E-state index is 13.8. The van der Waals surface area contributed by atoms with Crippen molar-refractivity contribution in [2.45, 2.75) is 71.5 Å². The number of aryl methyl sites for hydroxylation is 2. The number of aromatic nitrogens is 2. The highest BCUT2D eigenvalue weighted by atomic mass is 16.5. The first-order valence-electron chi connectivity index (χ1n) is 14.0. The van der Waals surface area contributed by atoms with Gasteiger partial charge in [0.15, 0.2) is 5.82 Å². The zero-order chi connectivity index (χ0) is 28.8. The lowest BCUT2D eigenvalue weighted by Crippen LogP contribution is -2.52. The Kier molecular flexibility index (Phi) is 6.88. The molecule has 1 aromatic carbocycles. The normalized spacial score (nSPS) is 20.8. The number of carbonyl (C=O) groups excluding carboxylic acids is 4. The third kappa shape index (κ3) is 4.89.